The minimum absolute atomic E-state index is 0.0000535. The van der Waals surface area contributed by atoms with Crippen molar-refractivity contribution in [2.45, 2.75) is 49.9 Å². The molecular weight excluding hydrogens is 444 g/mol. The van der Waals surface area contributed by atoms with Crippen LogP contribution in [0, 0.1) is 0 Å². The molecule has 0 radical (unpaired) electrons. The molecule has 1 unspecified atom stereocenters. The van der Waals surface area contributed by atoms with Gasteiger partial charge in [-0.25, -0.2) is 4.98 Å². The quantitative estimate of drug-likeness (QED) is 0.401. The molecule has 2 heterocycles. The van der Waals surface area contributed by atoms with Crippen LogP contribution < -0.4 is 10.9 Å². The van der Waals surface area contributed by atoms with Crippen LogP contribution in [0.2, 0.25) is 0 Å². The highest BCUT2D eigenvalue weighted by Crippen LogP contribution is 2.38. The molecule has 6 nitrogen and oxygen atoms in total. The highest BCUT2D eigenvalue weighted by Gasteiger charge is 2.35. The molecular formula is C27H30N4O2S. The Kier molecular flexibility index (Phi) is 6.83. The molecule has 5 rings (SSSR count). The van der Waals surface area contributed by atoms with Crippen LogP contribution in [0.4, 0.5) is 0 Å². The first kappa shape index (κ1) is 22.9. The summed E-state index contributed by atoms with van der Waals surface area (Å²) in [6, 6.07) is 19.8. The van der Waals surface area contributed by atoms with Crippen LogP contribution in [0.1, 0.15) is 59.6 Å². The SMILES string of the molecule is O=C(CCNCc1ccccc1)N1CCc2nc(C3CCC3)n(-c3ccccc3)c(=O)c2C1S. The van der Waals surface area contributed by atoms with Crippen molar-refractivity contribution < 1.29 is 4.79 Å². The number of amides is 1. The van der Waals surface area contributed by atoms with E-state index in [9.17, 15) is 9.59 Å². The van der Waals surface area contributed by atoms with Crippen molar-refractivity contribution in [1.29, 1.82) is 0 Å². The van der Waals surface area contributed by atoms with Gasteiger partial charge in [-0.1, -0.05) is 55.0 Å². The van der Waals surface area contributed by atoms with E-state index in [0.29, 0.717) is 37.4 Å². The smallest absolute Gasteiger partial charge is 0.264 e. The molecule has 0 spiro atoms. The molecule has 34 heavy (non-hydrogen) atoms. The molecule has 1 atom stereocenters. The van der Waals surface area contributed by atoms with Crippen molar-refractivity contribution in [1.82, 2.24) is 19.8 Å². The first-order chi connectivity index (χ1) is 16.6. The molecule has 1 N–H and O–H groups in total. The third kappa shape index (κ3) is 4.55. The lowest BCUT2D eigenvalue weighted by atomic mass is 9.84. The predicted molar refractivity (Wildman–Crippen MR) is 136 cm³/mol. The second-order valence-electron chi connectivity index (χ2n) is 9.06. The number of para-hydroxylation sites is 1. The van der Waals surface area contributed by atoms with Crippen LogP contribution in [0.25, 0.3) is 5.69 Å². The molecule has 1 aliphatic carbocycles. The zero-order valence-electron chi connectivity index (χ0n) is 19.2. The van der Waals surface area contributed by atoms with E-state index in [2.05, 4.69) is 17.4 Å². The second kappa shape index (κ2) is 10.2. The summed E-state index contributed by atoms with van der Waals surface area (Å²) in [6.45, 7) is 1.83. The lowest BCUT2D eigenvalue weighted by Gasteiger charge is -2.35. The highest BCUT2D eigenvalue weighted by molar-refractivity contribution is 7.80. The summed E-state index contributed by atoms with van der Waals surface area (Å²) in [7, 11) is 0. The maximum Gasteiger partial charge on any atom is 0.264 e. The van der Waals surface area contributed by atoms with Crippen molar-refractivity contribution in [2.75, 3.05) is 13.1 Å². The predicted octanol–water partition coefficient (Wildman–Crippen LogP) is 3.99. The third-order valence-electron chi connectivity index (χ3n) is 6.86. The average Bonchev–Trinajstić information content (AvgIpc) is 2.82. The fraction of sp³-hybridized carbons (Fsp3) is 0.370. The molecule has 1 saturated carbocycles. The van der Waals surface area contributed by atoms with Gasteiger partial charge in [-0.15, -0.1) is 12.6 Å². The zero-order chi connectivity index (χ0) is 23.5. The van der Waals surface area contributed by atoms with Crippen LogP contribution in [-0.4, -0.2) is 33.4 Å². The average molecular weight is 475 g/mol. The molecule has 1 amide bonds. The minimum Gasteiger partial charge on any atom is -0.326 e. The van der Waals surface area contributed by atoms with Crippen LogP contribution in [0.3, 0.4) is 0 Å². The van der Waals surface area contributed by atoms with Gasteiger partial charge in [0.05, 0.1) is 16.9 Å². The standard InChI is InChI=1S/C27H30N4O2S/c32-23(14-16-28-18-19-8-3-1-4-9-19)30-17-15-22-24(27(30)34)26(33)31(21-12-5-2-6-13-21)25(29-22)20-10-7-11-20/h1-6,8-9,12-13,20,27-28,34H,7,10-11,14-18H2. The van der Waals surface area contributed by atoms with Crippen molar-refractivity contribution in [3.63, 3.8) is 0 Å². The summed E-state index contributed by atoms with van der Waals surface area (Å²) < 4.78 is 1.75. The molecule has 3 aromatic rings. The fourth-order valence-corrected chi connectivity index (χ4v) is 5.25. The summed E-state index contributed by atoms with van der Waals surface area (Å²) in [5, 5.41) is 2.74. The Morgan fingerprint density at radius 2 is 1.76 bits per heavy atom. The first-order valence-electron chi connectivity index (χ1n) is 12.1. The van der Waals surface area contributed by atoms with E-state index in [1.807, 2.05) is 48.5 Å². The molecule has 1 aliphatic heterocycles. The van der Waals surface area contributed by atoms with Crippen molar-refractivity contribution >= 4 is 18.5 Å². The summed E-state index contributed by atoms with van der Waals surface area (Å²) in [6.07, 6.45) is 4.23. The first-order valence-corrected chi connectivity index (χ1v) is 12.6. The number of nitrogens with one attached hydrogen (secondary N) is 1. The molecule has 2 aromatic carbocycles. The molecule has 2 aliphatic rings. The maximum atomic E-state index is 13.8. The van der Waals surface area contributed by atoms with E-state index < -0.39 is 5.37 Å². The zero-order valence-corrected chi connectivity index (χ0v) is 20.1. The number of hydrogen-bond acceptors (Lipinski definition) is 5. The Morgan fingerprint density at radius 1 is 1.06 bits per heavy atom. The van der Waals surface area contributed by atoms with Gasteiger partial charge in [-0.3, -0.25) is 14.2 Å². The molecule has 0 bridgehead atoms. The number of carbonyl (C=O) groups is 1. The number of rotatable bonds is 7. The van der Waals surface area contributed by atoms with E-state index in [1.165, 1.54) is 12.0 Å². The summed E-state index contributed by atoms with van der Waals surface area (Å²) in [5.74, 6) is 1.17. The van der Waals surface area contributed by atoms with Gasteiger partial charge in [0.2, 0.25) is 5.91 Å². The second-order valence-corrected chi connectivity index (χ2v) is 9.55. The number of thiol groups is 1. The van der Waals surface area contributed by atoms with Gasteiger partial charge in [-0.2, -0.15) is 0 Å². The lowest BCUT2D eigenvalue weighted by Crippen LogP contribution is -2.44. The van der Waals surface area contributed by atoms with Gasteiger partial charge in [0.25, 0.3) is 5.56 Å². The van der Waals surface area contributed by atoms with E-state index >= 15 is 0 Å². The summed E-state index contributed by atoms with van der Waals surface area (Å²) >= 11 is 4.76. The summed E-state index contributed by atoms with van der Waals surface area (Å²) in [4.78, 5) is 33.5. The topological polar surface area (TPSA) is 67.2 Å². The Labute approximate surface area is 205 Å². The van der Waals surface area contributed by atoms with Crippen molar-refractivity contribution in [2.24, 2.45) is 0 Å². The molecule has 1 fully saturated rings. The highest BCUT2D eigenvalue weighted by atomic mass is 32.1. The molecule has 1 aromatic heterocycles. The van der Waals surface area contributed by atoms with Gasteiger partial charge in [0, 0.05) is 38.4 Å². The lowest BCUT2D eigenvalue weighted by molar-refractivity contribution is -0.132. The van der Waals surface area contributed by atoms with Gasteiger partial charge in [0.1, 0.15) is 11.2 Å². The number of nitrogens with zero attached hydrogens (tertiary/aromatic N) is 3. The van der Waals surface area contributed by atoms with E-state index in [0.717, 1.165) is 36.6 Å². The van der Waals surface area contributed by atoms with Crippen LogP contribution in [0.15, 0.2) is 65.5 Å². The minimum atomic E-state index is -0.587. The number of hydrogen-bond donors (Lipinski definition) is 2. The Hall–Kier alpha value is -2.90. The monoisotopic (exact) mass is 474 g/mol. The third-order valence-corrected chi connectivity index (χ3v) is 7.40. The molecule has 176 valence electrons. The Bertz CT molecular complexity index is 1210. The van der Waals surface area contributed by atoms with Gasteiger partial charge in [0.15, 0.2) is 0 Å². The van der Waals surface area contributed by atoms with E-state index in [4.69, 9.17) is 17.6 Å². The van der Waals surface area contributed by atoms with Gasteiger partial charge >= 0.3 is 0 Å². The Balaban J connectivity index is 1.35. The van der Waals surface area contributed by atoms with Crippen LogP contribution >= 0.6 is 12.6 Å². The number of benzene rings is 2. The normalized spacial score (nSPS) is 17.8. The van der Waals surface area contributed by atoms with Crippen LogP contribution in [0.5, 0.6) is 0 Å². The van der Waals surface area contributed by atoms with Gasteiger partial charge in [-0.05, 0) is 30.5 Å². The van der Waals surface area contributed by atoms with E-state index in [1.54, 1.807) is 9.47 Å². The van der Waals surface area contributed by atoms with Crippen molar-refractivity contribution in [3.05, 3.63) is 93.7 Å². The number of aromatic nitrogens is 2. The van der Waals surface area contributed by atoms with Crippen molar-refractivity contribution in [3.8, 4) is 5.69 Å². The van der Waals surface area contributed by atoms with E-state index in [-0.39, 0.29) is 11.5 Å². The molecule has 0 saturated heterocycles. The molecule has 7 heteroatoms. The maximum absolute atomic E-state index is 13.8. The van der Waals surface area contributed by atoms with Gasteiger partial charge < -0.3 is 10.2 Å². The number of carbonyl (C=O) groups excluding carboxylic acids is 1. The summed E-state index contributed by atoms with van der Waals surface area (Å²) in [5.41, 5.74) is 3.23. The van der Waals surface area contributed by atoms with Crippen LogP contribution in [-0.2, 0) is 17.8 Å². The largest absolute Gasteiger partial charge is 0.326 e. The Morgan fingerprint density at radius 3 is 2.44 bits per heavy atom. The fourth-order valence-electron chi connectivity index (χ4n) is 4.75. The number of fused-ring (bicyclic) bond motifs is 1.